The lowest BCUT2D eigenvalue weighted by atomic mass is 10.0. The summed E-state index contributed by atoms with van der Waals surface area (Å²) in [5.74, 6) is 1.05. The molecule has 0 fully saturated rings. The smallest absolute Gasteiger partial charge is 0.160 e. The van der Waals surface area contributed by atoms with Crippen LogP contribution in [0.2, 0.25) is 0 Å². The number of phenolic OH excluding ortho intramolecular Hbond substituents is 1. The molecule has 0 unspecified atom stereocenters. The van der Waals surface area contributed by atoms with Crippen LogP contribution in [-0.4, -0.2) is 54.0 Å². The second-order valence-electron chi connectivity index (χ2n) is 5.67. The van der Waals surface area contributed by atoms with E-state index in [1.54, 1.807) is 24.3 Å². The number of hydrogen-bond acceptors (Lipinski definition) is 7. The summed E-state index contributed by atoms with van der Waals surface area (Å²) in [4.78, 5) is 0. The lowest BCUT2D eigenvalue weighted by molar-refractivity contribution is 0.000462. The van der Waals surface area contributed by atoms with Crippen LogP contribution in [0.15, 0.2) is 42.5 Å². The van der Waals surface area contributed by atoms with Crippen LogP contribution in [-0.2, 0) is 0 Å². The third kappa shape index (κ3) is 4.91. The van der Waals surface area contributed by atoms with E-state index in [2.05, 4.69) is 0 Å². The van der Waals surface area contributed by atoms with Gasteiger partial charge in [-0.15, -0.1) is 0 Å². The average Bonchev–Trinajstić information content (AvgIpc) is 2.70. The lowest BCUT2D eigenvalue weighted by Crippen LogP contribution is -2.29. The van der Waals surface area contributed by atoms with Crippen molar-refractivity contribution < 1.29 is 34.6 Å². The molecular weight excluding hydrogens is 352 g/mol. The summed E-state index contributed by atoms with van der Waals surface area (Å²) in [6.45, 7) is -0.610. The monoisotopic (exact) mass is 376 g/mol. The van der Waals surface area contributed by atoms with Gasteiger partial charge in [0.05, 0.1) is 33.0 Å². The minimum absolute atomic E-state index is 0.0564. The highest BCUT2D eigenvalue weighted by Crippen LogP contribution is 2.34. The van der Waals surface area contributed by atoms with Gasteiger partial charge in [-0.2, -0.15) is 0 Å². The van der Waals surface area contributed by atoms with Gasteiger partial charge in [-0.25, -0.2) is 0 Å². The summed E-state index contributed by atoms with van der Waals surface area (Å²) in [7, 11) is 2.91. The highest BCUT2D eigenvalue weighted by Gasteiger charge is 2.24. The molecule has 0 amide bonds. The molecule has 146 valence electrons. The van der Waals surface area contributed by atoms with Crippen LogP contribution in [0.5, 0.6) is 23.0 Å². The minimum atomic E-state index is -1.18. The zero-order valence-corrected chi connectivity index (χ0v) is 15.2. The SMILES string of the molecule is COc1cc([C@@H](O)[C@H](CO)Oc2cccc(OC)c2/C=C/CO)ccc1O. The van der Waals surface area contributed by atoms with Crippen LogP contribution in [0.25, 0.3) is 6.08 Å². The molecule has 0 aliphatic heterocycles. The highest BCUT2D eigenvalue weighted by molar-refractivity contribution is 5.64. The summed E-state index contributed by atoms with van der Waals surface area (Å²) in [5, 5.41) is 39.1. The summed E-state index contributed by atoms with van der Waals surface area (Å²) in [6, 6.07) is 9.52. The fraction of sp³-hybridized carbons (Fsp3) is 0.300. The topological polar surface area (TPSA) is 109 Å². The number of benzene rings is 2. The molecule has 0 saturated carbocycles. The van der Waals surface area contributed by atoms with Crippen LogP contribution in [0.3, 0.4) is 0 Å². The predicted octanol–water partition coefficient (Wildman–Crippen LogP) is 1.89. The number of aliphatic hydroxyl groups is 3. The van der Waals surface area contributed by atoms with Gasteiger partial charge < -0.3 is 34.6 Å². The first-order valence-corrected chi connectivity index (χ1v) is 8.32. The van der Waals surface area contributed by atoms with Crippen molar-refractivity contribution in [2.75, 3.05) is 27.4 Å². The zero-order valence-electron chi connectivity index (χ0n) is 15.2. The standard InChI is InChI=1S/C20H24O7/c1-25-16-6-3-7-17(14(16)5-4-10-21)27-19(12-22)20(24)13-8-9-15(23)18(11-13)26-2/h3-9,11,19-24H,10,12H2,1-2H3/b5-4+/t19-,20+/m0/s1. The summed E-state index contributed by atoms with van der Waals surface area (Å²) in [5.41, 5.74) is 0.988. The number of methoxy groups -OCH3 is 2. The normalized spacial score (nSPS) is 13.4. The third-order valence-electron chi connectivity index (χ3n) is 3.99. The van der Waals surface area contributed by atoms with E-state index in [1.807, 2.05) is 0 Å². The molecule has 7 nitrogen and oxygen atoms in total. The maximum atomic E-state index is 10.6. The second kappa shape index (κ2) is 9.82. The second-order valence-corrected chi connectivity index (χ2v) is 5.67. The van der Waals surface area contributed by atoms with E-state index in [4.69, 9.17) is 19.3 Å². The van der Waals surface area contributed by atoms with Gasteiger partial charge in [0.2, 0.25) is 0 Å². The first-order chi connectivity index (χ1) is 13.0. The Morgan fingerprint density at radius 2 is 1.70 bits per heavy atom. The van der Waals surface area contributed by atoms with Gasteiger partial charge in [0.25, 0.3) is 0 Å². The van der Waals surface area contributed by atoms with Gasteiger partial charge in [0.1, 0.15) is 17.6 Å². The molecule has 0 bridgehead atoms. The Kier molecular flexibility index (Phi) is 7.48. The molecule has 4 N–H and O–H groups in total. The van der Waals surface area contributed by atoms with Crippen LogP contribution < -0.4 is 14.2 Å². The van der Waals surface area contributed by atoms with Crippen molar-refractivity contribution in [1.82, 2.24) is 0 Å². The van der Waals surface area contributed by atoms with Crippen LogP contribution >= 0.6 is 0 Å². The van der Waals surface area contributed by atoms with Crippen molar-refractivity contribution >= 4 is 6.08 Å². The molecule has 27 heavy (non-hydrogen) atoms. The molecule has 0 saturated heterocycles. The van der Waals surface area contributed by atoms with Crippen molar-refractivity contribution in [2.24, 2.45) is 0 Å². The van der Waals surface area contributed by atoms with E-state index in [-0.39, 0.29) is 18.1 Å². The van der Waals surface area contributed by atoms with Crippen molar-refractivity contribution in [3.05, 3.63) is 53.6 Å². The van der Waals surface area contributed by atoms with Crippen molar-refractivity contribution in [3.63, 3.8) is 0 Å². The molecule has 0 aromatic heterocycles. The maximum absolute atomic E-state index is 10.6. The Bertz CT molecular complexity index is 773. The van der Waals surface area contributed by atoms with Gasteiger partial charge >= 0.3 is 0 Å². The summed E-state index contributed by atoms with van der Waals surface area (Å²) < 4.78 is 16.2. The fourth-order valence-corrected chi connectivity index (χ4v) is 2.60. The number of phenols is 1. The Hall–Kier alpha value is -2.74. The van der Waals surface area contributed by atoms with Gasteiger partial charge in [-0.3, -0.25) is 0 Å². The van der Waals surface area contributed by atoms with Gasteiger partial charge in [0, 0.05) is 0 Å². The van der Waals surface area contributed by atoms with Crippen molar-refractivity contribution in [1.29, 1.82) is 0 Å². The van der Waals surface area contributed by atoms with Crippen molar-refractivity contribution in [3.8, 4) is 23.0 Å². The number of ether oxygens (including phenoxy) is 3. The van der Waals surface area contributed by atoms with E-state index < -0.39 is 18.8 Å². The molecule has 0 heterocycles. The molecule has 2 rings (SSSR count). The maximum Gasteiger partial charge on any atom is 0.160 e. The molecule has 0 aliphatic carbocycles. The minimum Gasteiger partial charge on any atom is -0.504 e. The largest absolute Gasteiger partial charge is 0.504 e. The van der Waals surface area contributed by atoms with Crippen LogP contribution in [0.4, 0.5) is 0 Å². The first-order valence-electron chi connectivity index (χ1n) is 8.32. The fourth-order valence-electron chi connectivity index (χ4n) is 2.60. The Balaban J connectivity index is 2.32. The van der Waals surface area contributed by atoms with Crippen LogP contribution in [0.1, 0.15) is 17.2 Å². The van der Waals surface area contributed by atoms with E-state index in [9.17, 15) is 15.3 Å². The van der Waals surface area contributed by atoms with Crippen molar-refractivity contribution in [2.45, 2.75) is 12.2 Å². The molecule has 0 spiro atoms. The highest BCUT2D eigenvalue weighted by atomic mass is 16.5. The molecule has 0 aliphatic rings. The predicted molar refractivity (Wildman–Crippen MR) is 100 cm³/mol. The summed E-state index contributed by atoms with van der Waals surface area (Å²) >= 11 is 0. The number of aliphatic hydroxyl groups excluding tert-OH is 3. The van der Waals surface area contributed by atoms with E-state index >= 15 is 0 Å². The quantitative estimate of drug-likeness (QED) is 0.529. The van der Waals surface area contributed by atoms with Crippen LogP contribution in [0, 0.1) is 0 Å². The molecular formula is C20H24O7. The molecule has 2 atom stereocenters. The summed E-state index contributed by atoms with van der Waals surface area (Å²) in [6.07, 6.45) is 1.01. The zero-order chi connectivity index (χ0) is 19.8. The number of rotatable bonds is 9. The number of aromatic hydroxyl groups is 1. The average molecular weight is 376 g/mol. The third-order valence-corrected chi connectivity index (χ3v) is 3.99. The Morgan fingerprint density at radius 3 is 2.33 bits per heavy atom. The lowest BCUT2D eigenvalue weighted by Gasteiger charge is -2.24. The molecule has 0 radical (unpaired) electrons. The Labute approximate surface area is 157 Å². The molecule has 2 aromatic rings. The Morgan fingerprint density at radius 1 is 1.00 bits per heavy atom. The first kappa shape index (κ1) is 20.6. The molecule has 2 aromatic carbocycles. The van der Waals surface area contributed by atoms with Gasteiger partial charge in [-0.1, -0.05) is 18.2 Å². The number of hydrogen-bond donors (Lipinski definition) is 4. The van der Waals surface area contributed by atoms with Gasteiger partial charge in [-0.05, 0) is 35.9 Å². The van der Waals surface area contributed by atoms with E-state index in [0.717, 1.165) is 0 Å². The molecule has 7 heteroatoms. The van der Waals surface area contributed by atoms with E-state index in [0.29, 0.717) is 22.6 Å². The van der Waals surface area contributed by atoms with Gasteiger partial charge in [0.15, 0.2) is 17.6 Å². The van der Waals surface area contributed by atoms with E-state index in [1.165, 1.54) is 38.5 Å².